The lowest BCUT2D eigenvalue weighted by Gasteiger charge is -2.38. The summed E-state index contributed by atoms with van der Waals surface area (Å²) in [5, 5.41) is 7.12. The summed E-state index contributed by atoms with van der Waals surface area (Å²) in [4.78, 5) is 30.2. The first-order valence-electron chi connectivity index (χ1n) is 9.53. The monoisotopic (exact) mass is 429 g/mol. The number of aliphatic carboxylic acids is 1. The number of ether oxygens (including phenoxy) is 1. The molecule has 1 aromatic heterocycles. The fraction of sp³-hybridized carbons (Fsp3) is 0.550. The van der Waals surface area contributed by atoms with E-state index in [4.69, 9.17) is 14.6 Å². The maximum Gasteiger partial charge on any atom is 0.490 e. The first-order chi connectivity index (χ1) is 14.1. The molecule has 2 fully saturated rings. The van der Waals surface area contributed by atoms with Gasteiger partial charge in [-0.15, -0.1) is 6.58 Å². The van der Waals surface area contributed by atoms with Crippen molar-refractivity contribution in [3.63, 3.8) is 0 Å². The number of amides is 1. The van der Waals surface area contributed by atoms with Crippen LogP contribution in [0.5, 0.6) is 5.88 Å². The minimum Gasteiger partial charge on any atom is -0.481 e. The Labute approximate surface area is 173 Å². The third-order valence-electron chi connectivity index (χ3n) is 5.44. The van der Waals surface area contributed by atoms with Crippen molar-refractivity contribution in [2.75, 3.05) is 33.3 Å². The Morgan fingerprint density at radius 1 is 1.33 bits per heavy atom. The van der Waals surface area contributed by atoms with E-state index in [0.717, 1.165) is 51.0 Å². The Kier molecular flexibility index (Phi) is 7.83. The summed E-state index contributed by atoms with van der Waals surface area (Å²) in [5.41, 5.74) is 0.982. The van der Waals surface area contributed by atoms with Crippen LogP contribution in [0.2, 0.25) is 0 Å². The molecule has 1 spiro atoms. The fourth-order valence-corrected chi connectivity index (χ4v) is 3.80. The van der Waals surface area contributed by atoms with Crippen molar-refractivity contribution in [2.45, 2.75) is 32.0 Å². The lowest BCUT2D eigenvalue weighted by Crippen LogP contribution is -2.44. The molecule has 3 rings (SSSR count). The molecule has 10 heteroatoms. The van der Waals surface area contributed by atoms with Crippen molar-refractivity contribution in [3.05, 3.63) is 36.5 Å². The number of halogens is 3. The first-order valence-corrected chi connectivity index (χ1v) is 9.53. The van der Waals surface area contributed by atoms with Gasteiger partial charge in [0, 0.05) is 31.4 Å². The first kappa shape index (κ1) is 23.7. The molecule has 0 unspecified atom stereocenters. The van der Waals surface area contributed by atoms with Crippen LogP contribution >= 0.6 is 0 Å². The Balaban J connectivity index is 0.000000396. The van der Waals surface area contributed by atoms with Crippen molar-refractivity contribution in [1.82, 2.24) is 14.8 Å². The van der Waals surface area contributed by atoms with Crippen molar-refractivity contribution >= 4 is 11.9 Å². The highest BCUT2D eigenvalue weighted by atomic mass is 19.4. The van der Waals surface area contributed by atoms with Crippen molar-refractivity contribution in [2.24, 2.45) is 5.41 Å². The van der Waals surface area contributed by atoms with Gasteiger partial charge in [-0.1, -0.05) is 12.1 Å². The maximum absolute atomic E-state index is 12.7. The number of carboxylic acids is 1. The van der Waals surface area contributed by atoms with Crippen molar-refractivity contribution < 1.29 is 32.6 Å². The second kappa shape index (κ2) is 9.92. The van der Waals surface area contributed by atoms with Crippen LogP contribution in [0, 0.1) is 5.41 Å². The van der Waals surface area contributed by atoms with E-state index in [-0.39, 0.29) is 5.41 Å². The third-order valence-corrected chi connectivity index (χ3v) is 5.44. The minimum atomic E-state index is -5.08. The normalized spacial score (nSPS) is 18.7. The summed E-state index contributed by atoms with van der Waals surface area (Å²) in [6.07, 6.45) is 1.37. The van der Waals surface area contributed by atoms with Crippen LogP contribution in [0.25, 0.3) is 0 Å². The topological polar surface area (TPSA) is 83.0 Å². The highest BCUT2D eigenvalue weighted by Gasteiger charge is 2.47. The number of methoxy groups -OCH3 is 1. The number of hydrogen-bond acceptors (Lipinski definition) is 5. The van der Waals surface area contributed by atoms with Gasteiger partial charge >= 0.3 is 12.1 Å². The number of carboxylic acid groups (broad SMARTS) is 1. The molecule has 1 N–H and O–H groups in total. The number of pyridine rings is 1. The summed E-state index contributed by atoms with van der Waals surface area (Å²) < 4.78 is 37.1. The molecule has 0 radical (unpaired) electrons. The lowest BCUT2D eigenvalue weighted by atomic mass is 9.77. The maximum atomic E-state index is 12.7. The second-order valence-electron chi connectivity index (χ2n) is 7.32. The number of alkyl halides is 3. The van der Waals surface area contributed by atoms with Gasteiger partial charge in [0.1, 0.15) is 0 Å². The molecule has 1 amide bonds. The van der Waals surface area contributed by atoms with Crippen LogP contribution in [0.15, 0.2) is 31.0 Å². The van der Waals surface area contributed by atoms with Crippen LogP contribution < -0.4 is 4.74 Å². The van der Waals surface area contributed by atoms with Crippen LogP contribution in [0.3, 0.4) is 0 Å². The Bertz CT molecular complexity index is 762. The lowest BCUT2D eigenvalue weighted by molar-refractivity contribution is -0.192. The zero-order chi connectivity index (χ0) is 22.4. The predicted molar refractivity (Wildman–Crippen MR) is 103 cm³/mol. The fourth-order valence-electron chi connectivity index (χ4n) is 3.80. The van der Waals surface area contributed by atoms with E-state index in [0.29, 0.717) is 18.3 Å². The Morgan fingerprint density at radius 3 is 2.47 bits per heavy atom. The van der Waals surface area contributed by atoms with Crippen LogP contribution in [-0.2, 0) is 16.1 Å². The molecule has 0 aromatic carbocycles. The van der Waals surface area contributed by atoms with Crippen LogP contribution in [0.1, 0.15) is 24.8 Å². The van der Waals surface area contributed by atoms with Crippen LogP contribution in [0.4, 0.5) is 13.2 Å². The smallest absolute Gasteiger partial charge is 0.481 e. The summed E-state index contributed by atoms with van der Waals surface area (Å²) >= 11 is 0. The summed E-state index contributed by atoms with van der Waals surface area (Å²) in [5.74, 6) is -1.73. The number of piperidine rings is 1. The summed E-state index contributed by atoms with van der Waals surface area (Å²) in [6, 6.07) is 4.00. The van der Waals surface area contributed by atoms with E-state index in [1.54, 1.807) is 13.3 Å². The van der Waals surface area contributed by atoms with E-state index >= 15 is 0 Å². The van der Waals surface area contributed by atoms with E-state index in [1.165, 1.54) is 0 Å². The van der Waals surface area contributed by atoms with Gasteiger partial charge in [0.2, 0.25) is 11.8 Å². The number of carbonyl (C=O) groups is 2. The predicted octanol–water partition coefficient (Wildman–Crippen LogP) is 2.72. The molecule has 2 saturated heterocycles. The number of aromatic nitrogens is 1. The highest BCUT2D eigenvalue weighted by molar-refractivity contribution is 5.85. The largest absolute Gasteiger partial charge is 0.490 e. The van der Waals surface area contributed by atoms with E-state index in [9.17, 15) is 18.0 Å². The van der Waals surface area contributed by atoms with Gasteiger partial charge in [0.05, 0.1) is 12.5 Å². The van der Waals surface area contributed by atoms with Gasteiger partial charge < -0.3 is 14.7 Å². The molecular formula is C20H26F3N3O4. The molecule has 0 bridgehead atoms. The molecule has 2 aliphatic rings. The highest BCUT2D eigenvalue weighted by Crippen LogP contribution is 2.41. The summed E-state index contributed by atoms with van der Waals surface area (Å²) in [7, 11) is 1.66. The Morgan fingerprint density at radius 2 is 1.93 bits per heavy atom. The standard InChI is InChI=1S/C18H25N3O2.C2HF3O2/c1-3-10-21-13-8-18(17(21)22)6-11-20(12-7-18)14-15-5-4-9-19-16(15)23-2;3-2(4,5)1(6)7/h3-5,9H,1,6-8,10-14H2,2H3;(H,6,7). The number of rotatable bonds is 5. The van der Waals surface area contributed by atoms with Gasteiger partial charge in [-0.2, -0.15) is 13.2 Å². The average Bonchev–Trinajstić information content (AvgIpc) is 3.00. The molecule has 3 heterocycles. The zero-order valence-corrected chi connectivity index (χ0v) is 16.8. The molecule has 166 valence electrons. The van der Waals surface area contributed by atoms with Gasteiger partial charge in [-0.05, 0) is 38.4 Å². The SMILES string of the molecule is C=CCN1CCC2(CCN(Cc3cccnc3OC)CC2)C1=O.O=C(O)C(F)(F)F. The molecule has 0 aliphatic carbocycles. The quantitative estimate of drug-likeness (QED) is 0.725. The molecular weight excluding hydrogens is 403 g/mol. The number of nitrogens with zero attached hydrogens (tertiary/aromatic N) is 3. The number of carbonyl (C=O) groups excluding carboxylic acids is 1. The van der Waals surface area contributed by atoms with Gasteiger partial charge in [0.25, 0.3) is 0 Å². The second-order valence-corrected chi connectivity index (χ2v) is 7.32. The third kappa shape index (κ3) is 5.71. The van der Waals surface area contributed by atoms with Crippen LogP contribution in [-0.4, -0.2) is 71.2 Å². The molecule has 2 aliphatic heterocycles. The zero-order valence-electron chi connectivity index (χ0n) is 16.8. The number of hydrogen-bond donors (Lipinski definition) is 1. The Hall–Kier alpha value is -2.62. The van der Waals surface area contributed by atoms with Gasteiger partial charge in [-0.25, -0.2) is 9.78 Å². The molecule has 1 aromatic rings. The molecule has 7 nitrogen and oxygen atoms in total. The summed E-state index contributed by atoms with van der Waals surface area (Å²) in [6.45, 7) is 8.03. The molecule has 0 atom stereocenters. The average molecular weight is 429 g/mol. The molecule has 30 heavy (non-hydrogen) atoms. The van der Waals surface area contributed by atoms with Gasteiger partial charge in [0.15, 0.2) is 0 Å². The molecule has 0 saturated carbocycles. The number of likely N-dealkylation sites (tertiary alicyclic amines) is 2. The van der Waals surface area contributed by atoms with E-state index in [2.05, 4.69) is 22.5 Å². The minimum absolute atomic E-state index is 0.126. The van der Waals surface area contributed by atoms with E-state index < -0.39 is 12.1 Å². The van der Waals surface area contributed by atoms with E-state index in [1.807, 2.05) is 17.0 Å². The van der Waals surface area contributed by atoms with Crippen molar-refractivity contribution in [1.29, 1.82) is 0 Å². The van der Waals surface area contributed by atoms with Gasteiger partial charge in [-0.3, -0.25) is 9.69 Å². The van der Waals surface area contributed by atoms with Crippen molar-refractivity contribution in [3.8, 4) is 5.88 Å².